The average molecular weight is 655 g/mol. The molecule has 254 valence electrons. The van der Waals surface area contributed by atoms with Crippen molar-refractivity contribution < 1.29 is 57.1 Å². The highest BCUT2D eigenvalue weighted by Crippen LogP contribution is 2.72. The van der Waals surface area contributed by atoms with Gasteiger partial charge in [-0.05, 0) is 50.5 Å². The molecule has 5 aliphatic rings. The lowest BCUT2D eigenvalue weighted by Crippen LogP contribution is -2.79. The molecule has 12 heteroatoms. The zero-order valence-electron chi connectivity index (χ0n) is 27.9. The Morgan fingerprint density at radius 1 is 0.809 bits per heavy atom. The van der Waals surface area contributed by atoms with Crippen LogP contribution < -0.4 is 0 Å². The summed E-state index contributed by atoms with van der Waals surface area (Å²) in [5.41, 5.74) is -3.46. The van der Waals surface area contributed by atoms with E-state index in [1.165, 1.54) is 27.7 Å². The van der Waals surface area contributed by atoms with Gasteiger partial charge in [0.05, 0.1) is 40.6 Å². The van der Waals surface area contributed by atoms with Gasteiger partial charge in [0.15, 0.2) is 17.8 Å². The van der Waals surface area contributed by atoms with Crippen molar-refractivity contribution in [1.29, 1.82) is 0 Å². The fourth-order valence-electron chi connectivity index (χ4n) is 9.53. The first-order chi connectivity index (χ1) is 22.0. The molecular weight excluding hydrogens is 612 g/mol. The highest BCUT2D eigenvalue weighted by atomic mass is 16.6. The molecule has 2 saturated carbocycles. The Morgan fingerprint density at radius 2 is 1.45 bits per heavy atom. The highest BCUT2D eigenvalue weighted by molar-refractivity contribution is 5.89. The molecular formula is C35H42O12. The van der Waals surface area contributed by atoms with Gasteiger partial charge < -0.3 is 33.2 Å². The lowest BCUT2D eigenvalue weighted by atomic mass is 9.49. The second-order valence-electron chi connectivity index (χ2n) is 14.2. The molecule has 2 bridgehead atoms. The molecule has 4 fully saturated rings. The molecule has 2 saturated heterocycles. The van der Waals surface area contributed by atoms with Crippen molar-refractivity contribution >= 4 is 29.8 Å². The summed E-state index contributed by atoms with van der Waals surface area (Å²) >= 11 is 0. The smallest absolute Gasteiger partial charge is 0.338 e. The van der Waals surface area contributed by atoms with E-state index < -0.39 is 94.4 Å². The van der Waals surface area contributed by atoms with E-state index in [1.54, 1.807) is 37.3 Å². The summed E-state index contributed by atoms with van der Waals surface area (Å²) in [6.07, 6.45) is -5.42. The fraction of sp³-hybridized carbons (Fsp3) is 0.629. The molecule has 0 radical (unpaired) electrons. The van der Waals surface area contributed by atoms with Crippen LogP contribution in [-0.2, 0) is 52.3 Å². The quantitative estimate of drug-likeness (QED) is 0.250. The Morgan fingerprint density at radius 3 is 2.00 bits per heavy atom. The summed E-state index contributed by atoms with van der Waals surface area (Å²) in [5, 5.41) is 0. The van der Waals surface area contributed by atoms with Crippen molar-refractivity contribution in [2.45, 2.75) is 116 Å². The number of carbonyl (C=O) groups excluding carboxylic acids is 5. The fourth-order valence-corrected chi connectivity index (χ4v) is 9.53. The minimum Gasteiger partial charge on any atom is -0.462 e. The van der Waals surface area contributed by atoms with E-state index in [0.717, 1.165) is 5.57 Å². The van der Waals surface area contributed by atoms with Crippen LogP contribution in [0.2, 0.25) is 0 Å². The van der Waals surface area contributed by atoms with Gasteiger partial charge in [-0.25, -0.2) is 4.79 Å². The summed E-state index contributed by atoms with van der Waals surface area (Å²) in [5.74, 6) is -4.18. The predicted octanol–water partition coefficient (Wildman–Crippen LogP) is 3.63. The SMILES string of the molecule is CC(=O)OC1[C@H](OC(C)=O)C2=C(C)[C@H]3C[C@]2([C@@H](OC(=O)c2ccccc2)[C@@H]2[C@]4(OC(C)=O)CO[C@@H]4C[C@H](OC(C)=O)[C@@]12C)C(C)(C)O3. The molecule has 6 rings (SSSR count). The molecule has 1 unspecified atom stereocenters. The number of carbonyl (C=O) groups is 5. The van der Waals surface area contributed by atoms with Crippen LogP contribution in [0.15, 0.2) is 41.5 Å². The number of rotatable bonds is 6. The highest BCUT2D eigenvalue weighted by Gasteiger charge is 2.82. The van der Waals surface area contributed by atoms with Gasteiger partial charge >= 0.3 is 29.8 Å². The van der Waals surface area contributed by atoms with Crippen LogP contribution in [0, 0.1) is 16.7 Å². The van der Waals surface area contributed by atoms with E-state index in [2.05, 4.69) is 0 Å². The van der Waals surface area contributed by atoms with Crippen LogP contribution in [0.5, 0.6) is 0 Å². The molecule has 12 nitrogen and oxygen atoms in total. The van der Waals surface area contributed by atoms with Crippen LogP contribution >= 0.6 is 0 Å². The van der Waals surface area contributed by atoms with Gasteiger partial charge in [-0.1, -0.05) is 25.1 Å². The first-order valence-electron chi connectivity index (χ1n) is 16.0. The van der Waals surface area contributed by atoms with Gasteiger partial charge in [0.2, 0.25) is 0 Å². The molecule has 0 aromatic heterocycles. The Hall–Kier alpha value is -3.77. The molecule has 0 N–H and O–H groups in total. The molecule has 10 atom stereocenters. The van der Waals surface area contributed by atoms with Crippen molar-refractivity contribution in [3.05, 3.63) is 47.0 Å². The van der Waals surface area contributed by atoms with Crippen molar-refractivity contribution in [3.63, 3.8) is 0 Å². The number of esters is 5. The Balaban J connectivity index is 1.72. The summed E-state index contributed by atoms with van der Waals surface area (Å²) in [6.45, 7) is 12.4. The van der Waals surface area contributed by atoms with E-state index in [0.29, 0.717) is 12.0 Å². The molecule has 1 aromatic rings. The second-order valence-corrected chi connectivity index (χ2v) is 14.2. The van der Waals surface area contributed by atoms with Crippen LogP contribution in [0.25, 0.3) is 0 Å². The largest absolute Gasteiger partial charge is 0.462 e. The number of benzene rings is 1. The molecule has 0 amide bonds. The zero-order valence-corrected chi connectivity index (χ0v) is 27.9. The van der Waals surface area contributed by atoms with E-state index in [9.17, 15) is 24.0 Å². The molecule has 2 aliphatic heterocycles. The third-order valence-electron chi connectivity index (χ3n) is 11.2. The van der Waals surface area contributed by atoms with E-state index in [1.807, 2.05) is 20.8 Å². The number of fused-ring (bicyclic) bond motifs is 4. The number of hydrogen-bond donors (Lipinski definition) is 0. The summed E-state index contributed by atoms with van der Waals surface area (Å²) in [6, 6.07) is 8.48. The van der Waals surface area contributed by atoms with Crippen molar-refractivity contribution in [2.75, 3.05) is 6.61 Å². The van der Waals surface area contributed by atoms with Crippen molar-refractivity contribution in [2.24, 2.45) is 16.7 Å². The van der Waals surface area contributed by atoms with Crippen LogP contribution in [0.1, 0.15) is 78.6 Å². The topological polar surface area (TPSA) is 150 Å². The van der Waals surface area contributed by atoms with Gasteiger partial charge in [0.25, 0.3) is 0 Å². The van der Waals surface area contributed by atoms with Gasteiger partial charge in [-0.2, -0.15) is 0 Å². The van der Waals surface area contributed by atoms with Crippen molar-refractivity contribution in [1.82, 2.24) is 0 Å². The molecule has 1 spiro atoms. The summed E-state index contributed by atoms with van der Waals surface area (Å²) in [7, 11) is 0. The van der Waals surface area contributed by atoms with Gasteiger partial charge in [0, 0.05) is 34.1 Å². The third kappa shape index (κ3) is 4.73. The number of ether oxygens (including phenoxy) is 7. The first kappa shape index (κ1) is 33.1. The minimum atomic E-state index is -1.48. The lowest BCUT2D eigenvalue weighted by Gasteiger charge is -2.65. The molecule has 3 aliphatic carbocycles. The van der Waals surface area contributed by atoms with E-state index in [4.69, 9.17) is 33.2 Å². The number of hydrogen-bond acceptors (Lipinski definition) is 12. The normalized spacial score (nSPS) is 39.2. The second kappa shape index (κ2) is 11.2. The maximum atomic E-state index is 14.2. The molecule has 47 heavy (non-hydrogen) atoms. The maximum Gasteiger partial charge on any atom is 0.338 e. The Bertz CT molecular complexity index is 1550. The summed E-state index contributed by atoms with van der Waals surface area (Å²) < 4.78 is 44.0. The zero-order chi connectivity index (χ0) is 34.3. The predicted molar refractivity (Wildman–Crippen MR) is 161 cm³/mol. The monoisotopic (exact) mass is 654 g/mol. The van der Waals surface area contributed by atoms with Gasteiger partial charge in [0.1, 0.15) is 18.3 Å². The standard InChI is InChI=1S/C35H42O12/c1-17-23-15-34(32(6,7)47-23)26(17)27(43-19(3)37)29(44-20(4)38)33(8)24(42-18(2)36)14-25-35(16-41-25,46-21(5)39)28(33)30(34)45-31(40)22-12-10-9-11-13-22/h9-13,23-25,27-30H,14-16H2,1-8H3/t23-,24+,25-,27-,28+,29?,30+,33-,34+,35+/m1/s1. The minimum absolute atomic E-state index is 0.0620. The Kier molecular flexibility index (Phi) is 7.86. The molecule has 2 heterocycles. The van der Waals surface area contributed by atoms with Crippen LogP contribution in [-0.4, -0.2) is 84.3 Å². The third-order valence-corrected chi connectivity index (χ3v) is 11.2. The van der Waals surface area contributed by atoms with Gasteiger partial charge in [-0.3, -0.25) is 19.2 Å². The van der Waals surface area contributed by atoms with E-state index in [-0.39, 0.29) is 18.6 Å². The van der Waals surface area contributed by atoms with E-state index >= 15 is 0 Å². The van der Waals surface area contributed by atoms with Crippen LogP contribution in [0.3, 0.4) is 0 Å². The Labute approximate surface area is 273 Å². The first-order valence-corrected chi connectivity index (χ1v) is 16.0. The summed E-state index contributed by atoms with van der Waals surface area (Å²) in [4.78, 5) is 65.8. The van der Waals surface area contributed by atoms with Gasteiger partial charge in [-0.15, -0.1) is 0 Å². The average Bonchev–Trinajstić information content (AvgIpc) is 3.39. The molecule has 1 aromatic carbocycles. The van der Waals surface area contributed by atoms with Crippen LogP contribution in [0.4, 0.5) is 0 Å². The lowest BCUT2D eigenvalue weighted by molar-refractivity contribution is -0.350. The van der Waals surface area contributed by atoms with Crippen molar-refractivity contribution in [3.8, 4) is 0 Å². The maximum absolute atomic E-state index is 14.2.